The van der Waals surface area contributed by atoms with Gasteiger partial charge in [-0.05, 0) is 59.5 Å². The zero-order valence-electron chi connectivity index (χ0n) is 19.8. The number of hydrogen-bond acceptors (Lipinski definition) is 4. The minimum absolute atomic E-state index is 0.0835. The van der Waals surface area contributed by atoms with Crippen molar-refractivity contribution in [3.63, 3.8) is 0 Å². The van der Waals surface area contributed by atoms with Gasteiger partial charge in [0.15, 0.2) is 5.16 Å². The minimum atomic E-state index is -0.0835. The molecule has 0 fully saturated rings. The van der Waals surface area contributed by atoms with Crippen molar-refractivity contribution in [1.82, 2.24) is 19.9 Å². The molecule has 2 aromatic heterocycles. The molecule has 0 aliphatic carbocycles. The molecular formula is C29H25ClN4OS. The topological polar surface area (TPSA) is 59.8 Å². The van der Waals surface area contributed by atoms with Crippen LogP contribution in [0, 0.1) is 6.92 Å². The third-order valence-corrected chi connectivity index (χ3v) is 7.31. The zero-order chi connectivity index (χ0) is 24.9. The third kappa shape index (κ3) is 5.61. The predicted octanol–water partition coefficient (Wildman–Crippen LogP) is 6.66. The SMILES string of the molecule is Cc1ccccc1CNC(=O)c1ccc(Cn2c(SCc3cccc(Cl)c3)nc3ccncc32)cc1. The van der Waals surface area contributed by atoms with Crippen molar-refractivity contribution in [2.24, 2.45) is 0 Å². The number of benzene rings is 3. The number of amides is 1. The minimum Gasteiger partial charge on any atom is -0.348 e. The number of fused-ring (bicyclic) bond motifs is 1. The maximum Gasteiger partial charge on any atom is 0.251 e. The van der Waals surface area contributed by atoms with Gasteiger partial charge >= 0.3 is 0 Å². The summed E-state index contributed by atoms with van der Waals surface area (Å²) in [6.45, 7) is 3.19. The van der Waals surface area contributed by atoms with Crippen LogP contribution in [0.15, 0.2) is 96.4 Å². The number of thioether (sulfide) groups is 1. The highest BCUT2D eigenvalue weighted by Crippen LogP contribution is 2.28. The molecule has 7 heteroatoms. The molecule has 0 saturated heterocycles. The smallest absolute Gasteiger partial charge is 0.251 e. The van der Waals surface area contributed by atoms with E-state index in [1.807, 2.05) is 85.9 Å². The first-order valence-corrected chi connectivity index (χ1v) is 13.0. The Kier molecular flexibility index (Phi) is 7.35. The van der Waals surface area contributed by atoms with Gasteiger partial charge in [-0.25, -0.2) is 4.98 Å². The molecule has 3 aromatic carbocycles. The van der Waals surface area contributed by atoms with E-state index >= 15 is 0 Å². The average molecular weight is 513 g/mol. The average Bonchev–Trinajstić information content (AvgIpc) is 3.24. The number of pyridine rings is 1. The zero-order valence-corrected chi connectivity index (χ0v) is 21.4. The van der Waals surface area contributed by atoms with Crippen LogP contribution in [0.5, 0.6) is 0 Å². The van der Waals surface area contributed by atoms with Gasteiger partial charge in [-0.2, -0.15) is 0 Å². The van der Waals surface area contributed by atoms with E-state index in [4.69, 9.17) is 16.6 Å². The Balaban J connectivity index is 1.31. The molecule has 0 unspecified atom stereocenters. The van der Waals surface area contributed by atoms with E-state index in [2.05, 4.69) is 20.9 Å². The van der Waals surface area contributed by atoms with Crippen molar-refractivity contribution in [2.75, 3.05) is 0 Å². The second-order valence-corrected chi connectivity index (χ2v) is 9.95. The molecule has 36 heavy (non-hydrogen) atoms. The lowest BCUT2D eigenvalue weighted by molar-refractivity contribution is 0.0951. The molecule has 0 aliphatic rings. The van der Waals surface area contributed by atoms with E-state index in [0.717, 1.165) is 43.7 Å². The molecule has 0 spiro atoms. The summed E-state index contributed by atoms with van der Waals surface area (Å²) in [6, 6.07) is 25.6. The number of halogens is 1. The number of nitrogens with zero attached hydrogens (tertiary/aromatic N) is 3. The van der Waals surface area contributed by atoms with Crippen LogP contribution in [0.4, 0.5) is 0 Å². The molecule has 1 amide bonds. The van der Waals surface area contributed by atoms with Crippen LogP contribution in [-0.2, 0) is 18.8 Å². The summed E-state index contributed by atoms with van der Waals surface area (Å²) in [4.78, 5) is 21.8. The van der Waals surface area contributed by atoms with Crippen LogP contribution in [0.2, 0.25) is 5.02 Å². The Hall–Kier alpha value is -3.61. The first-order chi connectivity index (χ1) is 17.6. The fourth-order valence-electron chi connectivity index (χ4n) is 4.02. The standard InChI is InChI=1S/C29H25ClN4OS/c1-20-5-2-3-7-24(20)16-32-28(35)23-11-9-21(10-12-23)18-34-27-17-31-14-13-26(27)33-29(34)36-19-22-6-4-8-25(30)15-22/h2-15,17H,16,18-19H2,1H3,(H,32,35). The molecule has 180 valence electrons. The molecule has 1 N–H and O–H groups in total. The predicted molar refractivity (Wildman–Crippen MR) is 146 cm³/mol. The third-order valence-electron chi connectivity index (χ3n) is 6.03. The molecule has 5 rings (SSSR count). The maximum atomic E-state index is 12.7. The number of nitrogens with one attached hydrogen (secondary N) is 1. The van der Waals surface area contributed by atoms with Crippen LogP contribution >= 0.6 is 23.4 Å². The lowest BCUT2D eigenvalue weighted by Gasteiger charge is -2.11. The fourth-order valence-corrected chi connectivity index (χ4v) is 5.19. The second-order valence-electron chi connectivity index (χ2n) is 8.57. The van der Waals surface area contributed by atoms with Crippen LogP contribution in [-0.4, -0.2) is 20.4 Å². The summed E-state index contributed by atoms with van der Waals surface area (Å²) in [5, 5.41) is 4.66. The van der Waals surface area contributed by atoms with Gasteiger partial charge in [-0.15, -0.1) is 0 Å². The van der Waals surface area contributed by atoms with Crippen LogP contribution in [0.25, 0.3) is 11.0 Å². The van der Waals surface area contributed by atoms with Gasteiger partial charge in [0.25, 0.3) is 5.91 Å². The molecule has 0 aliphatic heterocycles. The quantitative estimate of drug-likeness (QED) is 0.236. The van der Waals surface area contributed by atoms with E-state index < -0.39 is 0 Å². The van der Waals surface area contributed by atoms with Crippen LogP contribution in [0.3, 0.4) is 0 Å². The number of hydrogen-bond donors (Lipinski definition) is 1. The van der Waals surface area contributed by atoms with Crippen molar-refractivity contribution in [3.8, 4) is 0 Å². The molecule has 0 bridgehead atoms. The van der Waals surface area contributed by atoms with Gasteiger partial charge in [0.1, 0.15) is 0 Å². The largest absolute Gasteiger partial charge is 0.348 e. The summed E-state index contributed by atoms with van der Waals surface area (Å²) >= 11 is 7.82. The van der Waals surface area contributed by atoms with Crippen molar-refractivity contribution in [3.05, 3.63) is 124 Å². The number of rotatable bonds is 8. The van der Waals surface area contributed by atoms with Gasteiger partial charge in [0.05, 0.1) is 23.8 Å². The second kappa shape index (κ2) is 11.0. The maximum absolute atomic E-state index is 12.7. The Morgan fingerprint density at radius 1 is 1.00 bits per heavy atom. The summed E-state index contributed by atoms with van der Waals surface area (Å²) in [6.07, 6.45) is 3.61. The first kappa shape index (κ1) is 24.1. The highest BCUT2D eigenvalue weighted by Gasteiger charge is 2.13. The number of aryl methyl sites for hydroxylation is 1. The lowest BCUT2D eigenvalue weighted by Crippen LogP contribution is -2.23. The Bertz CT molecular complexity index is 1510. The molecule has 5 aromatic rings. The van der Waals surface area contributed by atoms with E-state index in [-0.39, 0.29) is 5.91 Å². The fraction of sp³-hybridized carbons (Fsp3) is 0.138. The van der Waals surface area contributed by atoms with Gasteiger partial charge in [-0.3, -0.25) is 9.78 Å². The van der Waals surface area contributed by atoms with Gasteiger partial charge in [-0.1, -0.05) is 71.9 Å². The Morgan fingerprint density at radius 2 is 1.83 bits per heavy atom. The van der Waals surface area contributed by atoms with Gasteiger partial charge in [0.2, 0.25) is 0 Å². The number of carbonyl (C=O) groups excluding carboxylic acids is 1. The molecule has 0 atom stereocenters. The molecular weight excluding hydrogens is 488 g/mol. The summed E-state index contributed by atoms with van der Waals surface area (Å²) in [5.74, 6) is 0.678. The van der Waals surface area contributed by atoms with Gasteiger partial charge < -0.3 is 9.88 Å². The van der Waals surface area contributed by atoms with E-state index in [1.165, 1.54) is 5.56 Å². The number of carbonyl (C=O) groups is 1. The lowest BCUT2D eigenvalue weighted by atomic mass is 10.1. The first-order valence-electron chi connectivity index (χ1n) is 11.7. The molecule has 0 saturated carbocycles. The normalized spacial score (nSPS) is 11.1. The monoisotopic (exact) mass is 512 g/mol. The Morgan fingerprint density at radius 3 is 2.64 bits per heavy atom. The van der Waals surface area contributed by atoms with E-state index in [9.17, 15) is 4.79 Å². The summed E-state index contributed by atoms with van der Waals surface area (Å²) in [7, 11) is 0. The molecule has 2 heterocycles. The number of imidazole rings is 1. The Labute approximate surface area is 219 Å². The molecule has 0 radical (unpaired) electrons. The van der Waals surface area contributed by atoms with E-state index in [0.29, 0.717) is 18.7 Å². The van der Waals surface area contributed by atoms with Crippen LogP contribution < -0.4 is 5.32 Å². The molecule has 5 nitrogen and oxygen atoms in total. The number of aromatic nitrogens is 3. The summed E-state index contributed by atoms with van der Waals surface area (Å²) in [5.41, 5.74) is 7.03. The van der Waals surface area contributed by atoms with Crippen LogP contribution in [0.1, 0.15) is 32.6 Å². The highest BCUT2D eigenvalue weighted by molar-refractivity contribution is 7.98. The van der Waals surface area contributed by atoms with Crippen molar-refractivity contribution >= 4 is 40.3 Å². The highest BCUT2D eigenvalue weighted by atomic mass is 35.5. The van der Waals surface area contributed by atoms with Gasteiger partial charge in [0, 0.05) is 29.1 Å². The summed E-state index contributed by atoms with van der Waals surface area (Å²) < 4.78 is 2.17. The van der Waals surface area contributed by atoms with Crippen molar-refractivity contribution in [2.45, 2.75) is 30.9 Å². The van der Waals surface area contributed by atoms with Crippen molar-refractivity contribution < 1.29 is 4.79 Å². The van der Waals surface area contributed by atoms with E-state index in [1.54, 1.807) is 18.0 Å². The van der Waals surface area contributed by atoms with Crippen molar-refractivity contribution in [1.29, 1.82) is 0 Å².